The van der Waals surface area contributed by atoms with E-state index in [0.29, 0.717) is 6.04 Å². The molecule has 3 nitrogen and oxygen atoms in total. The average molecular weight is 261 g/mol. The topological polar surface area (TPSA) is 29.5 Å². The van der Waals surface area contributed by atoms with Crippen LogP contribution in [-0.4, -0.2) is 30.0 Å². The van der Waals surface area contributed by atoms with Gasteiger partial charge in [0.1, 0.15) is 5.75 Å². The van der Waals surface area contributed by atoms with Crippen LogP contribution in [0.25, 0.3) is 0 Å². The molecule has 1 aromatic rings. The van der Waals surface area contributed by atoms with Crippen molar-refractivity contribution in [1.29, 1.82) is 0 Å². The summed E-state index contributed by atoms with van der Waals surface area (Å²) in [6, 6.07) is 8.21. The molecule has 0 unspecified atom stereocenters. The highest BCUT2D eigenvalue weighted by atomic mass is 16.5. The molecule has 1 saturated carbocycles. The van der Waals surface area contributed by atoms with Gasteiger partial charge in [-0.3, -0.25) is 4.79 Å². The first kappa shape index (κ1) is 13.9. The van der Waals surface area contributed by atoms with Crippen LogP contribution in [0.15, 0.2) is 24.3 Å². The van der Waals surface area contributed by atoms with Crippen molar-refractivity contribution in [3.8, 4) is 5.75 Å². The van der Waals surface area contributed by atoms with Gasteiger partial charge in [0.2, 0.25) is 0 Å². The quantitative estimate of drug-likeness (QED) is 0.833. The third-order valence-corrected chi connectivity index (χ3v) is 3.90. The highest BCUT2D eigenvalue weighted by Gasteiger charge is 2.27. The Kier molecular flexibility index (Phi) is 4.46. The third-order valence-electron chi connectivity index (χ3n) is 3.90. The lowest BCUT2D eigenvalue weighted by Crippen LogP contribution is -2.42. The second-order valence-electron chi connectivity index (χ2n) is 5.46. The number of ether oxygens (including phenoxy) is 1. The summed E-state index contributed by atoms with van der Waals surface area (Å²) < 4.78 is 5.72. The first-order valence-electron chi connectivity index (χ1n) is 7.08. The molecule has 1 amide bonds. The van der Waals surface area contributed by atoms with Crippen molar-refractivity contribution in [3.63, 3.8) is 0 Å². The average Bonchev–Trinajstić information content (AvgIpc) is 2.93. The Bertz CT molecular complexity index is 421. The highest BCUT2D eigenvalue weighted by molar-refractivity contribution is 5.81. The first-order chi connectivity index (χ1) is 9.08. The minimum absolute atomic E-state index is 0.0764. The molecule has 1 fully saturated rings. The van der Waals surface area contributed by atoms with Crippen LogP contribution >= 0.6 is 0 Å². The van der Waals surface area contributed by atoms with E-state index in [9.17, 15) is 4.79 Å². The molecule has 1 aromatic carbocycles. The predicted octanol–water partition coefficient (Wildman–Crippen LogP) is 3.16. The number of likely N-dealkylation sites (N-methyl/N-ethyl adjacent to an activating group) is 1. The second-order valence-corrected chi connectivity index (χ2v) is 5.46. The van der Waals surface area contributed by atoms with Crippen LogP contribution in [0.2, 0.25) is 0 Å². The van der Waals surface area contributed by atoms with Gasteiger partial charge >= 0.3 is 0 Å². The second kappa shape index (κ2) is 6.09. The minimum Gasteiger partial charge on any atom is -0.481 e. The van der Waals surface area contributed by atoms with Crippen molar-refractivity contribution in [2.75, 3.05) is 7.05 Å². The van der Waals surface area contributed by atoms with Crippen molar-refractivity contribution in [2.45, 2.75) is 51.7 Å². The molecule has 1 atom stereocenters. The number of rotatable bonds is 4. The smallest absolute Gasteiger partial charge is 0.263 e. The standard InChI is InChI=1S/C16H23NO2/c1-12-8-10-15(11-9-12)19-13(2)16(18)17(3)14-6-4-5-7-14/h8-11,13-14H,4-7H2,1-3H3/t13-/m0/s1. The van der Waals surface area contributed by atoms with E-state index in [1.807, 2.05) is 50.1 Å². The molecule has 0 heterocycles. The van der Waals surface area contributed by atoms with E-state index in [2.05, 4.69) is 0 Å². The molecular weight excluding hydrogens is 238 g/mol. The number of carbonyl (C=O) groups is 1. The van der Waals surface area contributed by atoms with Gasteiger partial charge in [-0.2, -0.15) is 0 Å². The summed E-state index contributed by atoms with van der Waals surface area (Å²) in [6.45, 7) is 3.86. The van der Waals surface area contributed by atoms with Gasteiger partial charge in [0.15, 0.2) is 6.10 Å². The molecule has 0 saturated heterocycles. The van der Waals surface area contributed by atoms with E-state index in [1.54, 1.807) is 0 Å². The van der Waals surface area contributed by atoms with Gasteiger partial charge in [-0.25, -0.2) is 0 Å². The van der Waals surface area contributed by atoms with Gasteiger partial charge in [-0.15, -0.1) is 0 Å². The predicted molar refractivity (Wildman–Crippen MR) is 76.3 cm³/mol. The van der Waals surface area contributed by atoms with E-state index in [4.69, 9.17) is 4.74 Å². The van der Waals surface area contributed by atoms with E-state index >= 15 is 0 Å². The zero-order valence-electron chi connectivity index (χ0n) is 12.1. The SMILES string of the molecule is Cc1ccc(O[C@@H](C)C(=O)N(C)C2CCCC2)cc1. The van der Waals surface area contributed by atoms with Crippen LogP contribution < -0.4 is 4.74 Å². The third kappa shape index (κ3) is 3.49. The number of hydrogen-bond donors (Lipinski definition) is 0. The zero-order chi connectivity index (χ0) is 13.8. The summed E-state index contributed by atoms with van der Waals surface area (Å²) >= 11 is 0. The number of amides is 1. The molecule has 1 aliphatic carbocycles. The Labute approximate surface area is 115 Å². The number of hydrogen-bond acceptors (Lipinski definition) is 2. The van der Waals surface area contributed by atoms with E-state index < -0.39 is 6.10 Å². The molecule has 104 valence electrons. The summed E-state index contributed by atoms with van der Waals surface area (Å²) in [4.78, 5) is 14.2. The van der Waals surface area contributed by atoms with E-state index in [-0.39, 0.29) is 5.91 Å². The Morgan fingerprint density at radius 3 is 2.42 bits per heavy atom. The summed E-state index contributed by atoms with van der Waals surface area (Å²) in [7, 11) is 1.90. The van der Waals surface area contributed by atoms with Gasteiger partial charge in [-0.1, -0.05) is 30.5 Å². The lowest BCUT2D eigenvalue weighted by Gasteiger charge is -2.27. The number of carbonyl (C=O) groups excluding carboxylic acids is 1. The maximum absolute atomic E-state index is 12.3. The van der Waals surface area contributed by atoms with Crippen molar-refractivity contribution in [2.24, 2.45) is 0 Å². The Morgan fingerprint density at radius 2 is 1.84 bits per heavy atom. The Hall–Kier alpha value is -1.51. The number of nitrogens with zero attached hydrogens (tertiary/aromatic N) is 1. The maximum atomic E-state index is 12.3. The largest absolute Gasteiger partial charge is 0.481 e. The van der Waals surface area contributed by atoms with Crippen LogP contribution in [0, 0.1) is 6.92 Å². The van der Waals surface area contributed by atoms with Gasteiger partial charge < -0.3 is 9.64 Å². The van der Waals surface area contributed by atoms with Gasteiger partial charge in [-0.05, 0) is 38.8 Å². The van der Waals surface area contributed by atoms with E-state index in [0.717, 1.165) is 18.6 Å². The molecule has 3 heteroatoms. The van der Waals surface area contributed by atoms with Crippen molar-refractivity contribution < 1.29 is 9.53 Å². The molecule has 2 rings (SSSR count). The molecule has 0 N–H and O–H groups in total. The molecule has 0 bridgehead atoms. The number of aryl methyl sites for hydroxylation is 1. The Balaban J connectivity index is 1.93. The zero-order valence-corrected chi connectivity index (χ0v) is 12.1. The van der Waals surface area contributed by atoms with E-state index in [1.165, 1.54) is 18.4 Å². The van der Waals surface area contributed by atoms with Gasteiger partial charge in [0.05, 0.1) is 0 Å². The van der Waals surface area contributed by atoms with Crippen LogP contribution in [0.3, 0.4) is 0 Å². The lowest BCUT2D eigenvalue weighted by molar-refractivity contribution is -0.138. The molecular formula is C16H23NO2. The fourth-order valence-electron chi connectivity index (χ4n) is 2.63. The summed E-state index contributed by atoms with van der Waals surface area (Å²) in [5.74, 6) is 0.832. The van der Waals surface area contributed by atoms with Gasteiger partial charge in [0, 0.05) is 13.1 Å². The summed E-state index contributed by atoms with van der Waals surface area (Å²) in [6.07, 6.45) is 4.29. The highest BCUT2D eigenvalue weighted by Crippen LogP contribution is 2.23. The van der Waals surface area contributed by atoms with Gasteiger partial charge in [0.25, 0.3) is 5.91 Å². The fourth-order valence-corrected chi connectivity index (χ4v) is 2.63. The molecule has 0 radical (unpaired) electrons. The normalized spacial score (nSPS) is 17.2. The van der Waals surface area contributed by atoms with Crippen molar-refractivity contribution in [1.82, 2.24) is 4.90 Å². The molecule has 0 spiro atoms. The summed E-state index contributed by atoms with van der Waals surface area (Å²) in [5.41, 5.74) is 1.19. The molecule has 0 aliphatic heterocycles. The number of benzene rings is 1. The van der Waals surface area contributed by atoms with Crippen LogP contribution in [0.5, 0.6) is 5.75 Å². The first-order valence-corrected chi connectivity index (χ1v) is 7.08. The Morgan fingerprint density at radius 1 is 1.26 bits per heavy atom. The van der Waals surface area contributed by atoms with Crippen LogP contribution in [0.1, 0.15) is 38.2 Å². The lowest BCUT2D eigenvalue weighted by atomic mass is 10.2. The van der Waals surface area contributed by atoms with Crippen LogP contribution in [0.4, 0.5) is 0 Å². The van der Waals surface area contributed by atoms with Crippen LogP contribution in [-0.2, 0) is 4.79 Å². The van der Waals surface area contributed by atoms with Crippen molar-refractivity contribution >= 4 is 5.91 Å². The minimum atomic E-state index is -0.423. The fraction of sp³-hybridized carbons (Fsp3) is 0.562. The monoisotopic (exact) mass is 261 g/mol. The van der Waals surface area contributed by atoms with Crippen molar-refractivity contribution in [3.05, 3.63) is 29.8 Å². The molecule has 19 heavy (non-hydrogen) atoms. The molecule has 1 aliphatic rings. The molecule has 0 aromatic heterocycles. The summed E-state index contributed by atoms with van der Waals surface area (Å²) in [5, 5.41) is 0. The maximum Gasteiger partial charge on any atom is 0.263 e.